The number of nitrogens with zero attached hydrogens (tertiary/aromatic N) is 3. The highest BCUT2D eigenvalue weighted by atomic mass is 16.5. The molecule has 9 nitrogen and oxygen atoms in total. The van der Waals surface area contributed by atoms with Gasteiger partial charge in [0.05, 0.1) is 33.5 Å². The van der Waals surface area contributed by atoms with Gasteiger partial charge in [-0.2, -0.15) is 5.26 Å². The van der Waals surface area contributed by atoms with Gasteiger partial charge >= 0.3 is 0 Å². The lowest BCUT2D eigenvalue weighted by molar-refractivity contribution is -0.137. The number of carbonyl (C=O) groups excluding carboxylic acids is 2. The van der Waals surface area contributed by atoms with Crippen LogP contribution in [0.15, 0.2) is 23.8 Å². The zero-order valence-corrected chi connectivity index (χ0v) is 17.0. The Morgan fingerprint density at radius 3 is 2.30 bits per heavy atom. The van der Waals surface area contributed by atoms with Crippen molar-refractivity contribution in [2.24, 2.45) is 0 Å². The van der Waals surface area contributed by atoms with Crippen LogP contribution in [0.5, 0.6) is 11.5 Å². The van der Waals surface area contributed by atoms with Crippen molar-refractivity contribution in [2.45, 2.75) is 0 Å². The van der Waals surface area contributed by atoms with E-state index in [2.05, 4.69) is 0 Å². The third-order valence-corrected chi connectivity index (χ3v) is 4.86. The van der Waals surface area contributed by atoms with Crippen molar-refractivity contribution in [3.63, 3.8) is 0 Å². The number of amides is 2. The minimum atomic E-state index is -0.323. The first-order chi connectivity index (χ1) is 14.6. The van der Waals surface area contributed by atoms with Gasteiger partial charge in [-0.3, -0.25) is 9.59 Å². The van der Waals surface area contributed by atoms with Crippen molar-refractivity contribution >= 4 is 17.9 Å². The summed E-state index contributed by atoms with van der Waals surface area (Å²) in [4.78, 5) is 28.1. The Kier molecular flexibility index (Phi) is 7.65. The van der Waals surface area contributed by atoms with Crippen LogP contribution in [0.2, 0.25) is 0 Å². The van der Waals surface area contributed by atoms with Crippen LogP contribution < -0.4 is 9.47 Å². The predicted molar refractivity (Wildman–Crippen MR) is 107 cm³/mol. The Labute approximate surface area is 175 Å². The number of hydrogen-bond acceptors (Lipinski definition) is 7. The van der Waals surface area contributed by atoms with Crippen LogP contribution >= 0.6 is 0 Å². The third kappa shape index (κ3) is 5.49. The van der Waals surface area contributed by atoms with Gasteiger partial charge in [0.25, 0.3) is 11.8 Å². The number of hydrogen-bond donors (Lipinski definition) is 0. The molecule has 2 saturated heterocycles. The average Bonchev–Trinajstić information content (AvgIpc) is 2.81. The molecule has 0 unspecified atom stereocenters. The summed E-state index contributed by atoms with van der Waals surface area (Å²) in [7, 11) is 1.49. The van der Waals surface area contributed by atoms with Gasteiger partial charge < -0.3 is 28.7 Å². The predicted octanol–water partition coefficient (Wildman–Crippen LogP) is 0.699. The molecule has 0 radical (unpaired) electrons. The SMILES string of the molecule is COc1cc(/C=C(/C#N)C(=O)N2CCOCC2)ccc1OCC(=O)N1CCOCC1. The quantitative estimate of drug-likeness (QED) is 0.498. The van der Waals surface area contributed by atoms with Crippen LogP contribution in [0.4, 0.5) is 0 Å². The van der Waals surface area contributed by atoms with E-state index in [1.165, 1.54) is 13.2 Å². The molecule has 0 saturated carbocycles. The van der Waals surface area contributed by atoms with Crippen LogP contribution in [0, 0.1) is 11.3 Å². The Bertz CT molecular complexity index is 836. The number of methoxy groups -OCH3 is 1. The molecule has 0 spiro atoms. The van der Waals surface area contributed by atoms with E-state index >= 15 is 0 Å². The van der Waals surface area contributed by atoms with Crippen LogP contribution in [0.3, 0.4) is 0 Å². The first kappa shape index (κ1) is 21.6. The van der Waals surface area contributed by atoms with E-state index in [4.69, 9.17) is 18.9 Å². The highest BCUT2D eigenvalue weighted by Gasteiger charge is 2.21. The van der Waals surface area contributed by atoms with Gasteiger partial charge in [0, 0.05) is 26.2 Å². The summed E-state index contributed by atoms with van der Waals surface area (Å²) in [5.41, 5.74) is 0.659. The zero-order valence-electron chi connectivity index (χ0n) is 17.0. The molecule has 2 aliphatic rings. The molecule has 2 amide bonds. The number of ether oxygens (including phenoxy) is 4. The normalized spacial score (nSPS) is 17.3. The van der Waals surface area contributed by atoms with Crippen LogP contribution in [0.25, 0.3) is 6.08 Å². The van der Waals surface area contributed by atoms with E-state index in [-0.39, 0.29) is 24.0 Å². The van der Waals surface area contributed by atoms with E-state index in [0.29, 0.717) is 69.7 Å². The topological polar surface area (TPSA) is 101 Å². The Hall–Kier alpha value is -3.09. The summed E-state index contributed by atoms with van der Waals surface area (Å²) < 4.78 is 21.5. The van der Waals surface area contributed by atoms with E-state index in [1.54, 1.807) is 28.0 Å². The number of nitriles is 1. The number of rotatable bonds is 6. The van der Waals surface area contributed by atoms with Gasteiger partial charge in [-0.05, 0) is 23.8 Å². The maximum absolute atomic E-state index is 12.6. The largest absolute Gasteiger partial charge is 0.493 e. The van der Waals surface area contributed by atoms with Crippen molar-refractivity contribution in [1.82, 2.24) is 9.80 Å². The molecule has 2 heterocycles. The lowest BCUT2D eigenvalue weighted by Gasteiger charge is -2.26. The van der Waals surface area contributed by atoms with Crippen molar-refractivity contribution < 1.29 is 28.5 Å². The summed E-state index contributed by atoms with van der Waals surface area (Å²) in [5, 5.41) is 9.43. The lowest BCUT2D eigenvalue weighted by atomic mass is 10.1. The molecule has 3 rings (SSSR count). The molecule has 2 aliphatic heterocycles. The molecule has 1 aromatic carbocycles. The standard InChI is InChI=1S/C21H25N3O6/c1-27-19-13-16(12-17(14-22)21(26)24-6-10-29-11-7-24)2-3-18(19)30-15-20(25)23-4-8-28-9-5-23/h2-3,12-13H,4-11,15H2,1H3/b17-12-. The van der Waals surface area contributed by atoms with Gasteiger partial charge in [-0.15, -0.1) is 0 Å². The number of benzene rings is 1. The average molecular weight is 415 g/mol. The summed E-state index contributed by atoms with van der Waals surface area (Å²) in [5.74, 6) is 0.382. The van der Waals surface area contributed by atoms with Crippen LogP contribution in [-0.2, 0) is 19.1 Å². The molecule has 2 fully saturated rings. The van der Waals surface area contributed by atoms with Crippen molar-refractivity contribution in [1.29, 1.82) is 5.26 Å². The minimum Gasteiger partial charge on any atom is -0.493 e. The van der Waals surface area contributed by atoms with E-state index < -0.39 is 0 Å². The molecule has 0 aromatic heterocycles. The molecule has 0 bridgehead atoms. The van der Waals surface area contributed by atoms with Gasteiger partial charge in [0.2, 0.25) is 0 Å². The summed E-state index contributed by atoms with van der Waals surface area (Å²) in [6.07, 6.45) is 1.52. The molecule has 0 N–H and O–H groups in total. The molecular weight excluding hydrogens is 390 g/mol. The second-order valence-corrected chi connectivity index (χ2v) is 6.77. The summed E-state index contributed by atoms with van der Waals surface area (Å²) >= 11 is 0. The Balaban J connectivity index is 1.67. The molecule has 0 atom stereocenters. The maximum Gasteiger partial charge on any atom is 0.264 e. The molecular formula is C21H25N3O6. The lowest BCUT2D eigenvalue weighted by Crippen LogP contribution is -2.43. The van der Waals surface area contributed by atoms with Gasteiger partial charge in [0.1, 0.15) is 11.6 Å². The van der Waals surface area contributed by atoms with Crippen molar-refractivity contribution in [3.8, 4) is 17.6 Å². The van der Waals surface area contributed by atoms with Gasteiger partial charge in [-0.1, -0.05) is 6.07 Å². The number of morpholine rings is 2. The smallest absolute Gasteiger partial charge is 0.264 e. The van der Waals surface area contributed by atoms with Gasteiger partial charge in [0.15, 0.2) is 18.1 Å². The summed E-state index contributed by atoms with van der Waals surface area (Å²) in [6, 6.07) is 7.01. The monoisotopic (exact) mass is 415 g/mol. The first-order valence-electron chi connectivity index (χ1n) is 9.77. The molecule has 0 aliphatic carbocycles. The molecule has 1 aromatic rings. The van der Waals surface area contributed by atoms with Crippen molar-refractivity contribution in [2.75, 3.05) is 66.3 Å². The molecule has 160 valence electrons. The summed E-state index contributed by atoms with van der Waals surface area (Å²) in [6.45, 7) is 3.91. The van der Waals surface area contributed by atoms with Gasteiger partial charge in [-0.25, -0.2) is 0 Å². The Morgan fingerprint density at radius 2 is 1.70 bits per heavy atom. The van der Waals surface area contributed by atoms with E-state index in [0.717, 1.165) is 0 Å². The fraction of sp³-hybridized carbons (Fsp3) is 0.476. The number of carbonyl (C=O) groups is 2. The maximum atomic E-state index is 12.6. The third-order valence-electron chi connectivity index (χ3n) is 4.86. The van der Waals surface area contributed by atoms with Crippen molar-refractivity contribution in [3.05, 3.63) is 29.3 Å². The minimum absolute atomic E-state index is 0.0371. The second-order valence-electron chi connectivity index (χ2n) is 6.77. The van der Waals surface area contributed by atoms with E-state index in [1.807, 2.05) is 6.07 Å². The first-order valence-corrected chi connectivity index (χ1v) is 9.77. The van der Waals surface area contributed by atoms with Crippen LogP contribution in [0.1, 0.15) is 5.56 Å². The fourth-order valence-corrected chi connectivity index (χ4v) is 3.18. The van der Waals surface area contributed by atoms with E-state index in [9.17, 15) is 14.9 Å². The molecule has 9 heteroatoms. The Morgan fingerprint density at radius 1 is 1.07 bits per heavy atom. The van der Waals surface area contributed by atoms with Crippen LogP contribution in [-0.4, -0.2) is 87.9 Å². The highest BCUT2D eigenvalue weighted by Crippen LogP contribution is 2.29. The fourth-order valence-electron chi connectivity index (χ4n) is 3.18. The molecule has 30 heavy (non-hydrogen) atoms. The highest BCUT2D eigenvalue weighted by molar-refractivity contribution is 6.01. The zero-order chi connectivity index (χ0) is 21.3. The second kappa shape index (κ2) is 10.6.